The van der Waals surface area contributed by atoms with E-state index < -0.39 is 0 Å². The monoisotopic (exact) mass is 213 g/mol. The van der Waals surface area contributed by atoms with E-state index in [-0.39, 0.29) is 0 Å². The molecule has 0 aromatic heterocycles. The summed E-state index contributed by atoms with van der Waals surface area (Å²) in [5.74, 6) is 0.880. The van der Waals surface area contributed by atoms with Crippen LogP contribution in [0.4, 0.5) is 0 Å². The maximum absolute atomic E-state index is 6.09. The number of hydrogen-bond acceptors (Lipinski definition) is 3. The van der Waals surface area contributed by atoms with Crippen LogP contribution in [0, 0.1) is 0 Å². The zero-order valence-electron chi connectivity index (χ0n) is 7.97. The minimum Gasteiger partial charge on any atom is -0.467 e. The van der Waals surface area contributed by atoms with Crippen molar-refractivity contribution in [3.05, 3.63) is 28.3 Å². The summed E-state index contributed by atoms with van der Waals surface area (Å²) >= 11 is 6.09. The van der Waals surface area contributed by atoms with Gasteiger partial charge in [-0.15, -0.1) is 0 Å². The van der Waals surface area contributed by atoms with Crippen LogP contribution in [0.1, 0.15) is 11.1 Å². The zero-order valence-corrected chi connectivity index (χ0v) is 8.73. The van der Waals surface area contributed by atoms with Crippen LogP contribution in [0.5, 0.6) is 5.75 Å². The quantitative estimate of drug-likeness (QED) is 0.815. The molecular weight excluding hydrogens is 202 g/mol. The molecule has 0 bridgehead atoms. The highest BCUT2D eigenvalue weighted by atomic mass is 35.5. The highest BCUT2D eigenvalue weighted by Crippen LogP contribution is 2.29. The molecule has 0 amide bonds. The van der Waals surface area contributed by atoms with Gasteiger partial charge in [-0.25, -0.2) is 0 Å². The lowest BCUT2D eigenvalue weighted by Gasteiger charge is -2.19. The number of rotatable bonds is 2. The molecule has 1 aromatic rings. The van der Waals surface area contributed by atoms with Crippen molar-refractivity contribution >= 4 is 11.6 Å². The van der Waals surface area contributed by atoms with Gasteiger partial charge in [-0.3, -0.25) is 0 Å². The number of ether oxygens (including phenoxy) is 2. The van der Waals surface area contributed by atoms with Gasteiger partial charge in [0, 0.05) is 17.1 Å². The van der Waals surface area contributed by atoms with E-state index in [4.69, 9.17) is 21.1 Å². The van der Waals surface area contributed by atoms with Crippen LogP contribution >= 0.6 is 11.6 Å². The molecule has 0 atom stereocenters. The smallest absolute Gasteiger partial charge is 0.189 e. The van der Waals surface area contributed by atoms with Gasteiger partial charge >= 0.3 is 0 Å². The molecule has 1 aliphatic heterocycles. The minimum absolute atomic E-state index is 0.327. The molecule has 0 spiro atoms. The molecule has 0 saturated carbocycles. The van der Waals surface area contributed by atoms with E-state index in [1.54, 1.807) is 0 Å². The summed E-state index contributed by atoms with van der Waals surface area (Å²) in [6.45, 7) is 1.65. The fourth-order valence-corrected chi connectivity index (χ4v) is 1.72. The van der Waals surface area contributed by atoms with Gasteiger partial charge in [0.05, 0.1) is 6.61 Å². The van der Waals surface area contributed by atoms with Gasteiger partial charge in [0.2, 0.25) is 0 Å². The van der Waals surface area contributed by atoms with Crippen molar-refractivity contribution in [2.75, 3.05) is 13.8 Å². The maximum atomic E-state index is 6.09. The average Bonchev–Trinajstić information content (AvgIpc) is 2.19. The average molecular weight is 214 g/mol. The zero-order chi connectivity index (χ0) is 9.97. The standard InChI is InChI=1S/C10H12ClNO2/c1-12-4-7-3-10-8(2-9(7)11)5-13-6-14-10/h2-3,12H,4-6H2,1H3. The lowest BCUT2D eigenvalue weighted by molar-refractivity contribution is -0.0164. The van der Waals surface area contributed by atoms with Gasteiger partial charge in [-0.1, -0.05) is 11.6 Å². The van der Waals surface area contributed by atoms with Crippen molar-refractivity contribution in [1.82, 2.24) is 5.32 Å². The Morgan fingerprint density at radius 1 is 1.50 bits per heavy atom. The second-order valence-electron chi connectivity index (χ2n) is 3.19. The largest absolute Gasteiger partial charge is 0.467 e. The molecule has 2 rings (SSSR count). The molecule has 14 heavy (non-hydrogen) atoms. The topological polar surface area (TPSA) is 30.5 Å². The molecular formula is C10H12ClNO2. The third kappa shape index (κ3) is 1.85. The van der Waals surface area contributed by atoms with Crippen LogP contribution in [0.2, 0.25) is 5.02 Å². The number of benzene rings is 1. The van der Waals surface area contributed by atoms with Gasteiger partial charge in [-0.05, 0) is 24.7 Å². The third-order valence-electron chi connectivity index (χ3n) is 2.15. The fraction of sp³-hybridized carbons (Fsp3) is 0.400. The van der Waals surface area contributed by atoms with Crippen molar-refractivity contribution in [1.29, 1.82) is 0 Å². The molecule has 1 heterocycles. The summed E-state index contributed by atoms with van der Waals surface area (Å²) in [7, 11) is 1.89. The van der Waals surface area contributed by atoms with E-state index in [1.807, 2.05) is 19.2 Å². The highest BCUT2D eigenvalue weighted by molar-refractivity contribution is 6.31. The predicted octanol–water partition coefficient (Wildman–Crippen LogP) is 1.93. The molecule has 0 unspecified atom stereocenters. The predicted molar refractivity (Wildman–Crippen MR) is 54.5 cm³/mol. The SMILES string of the molecule is CNCc1cc2c(cc1Cl)COCO2. The Bertz CT molecular complexity index is 341. The molecule has 0 radical (unpaired) electrons. The third-order valence-corrected chi connectivity index (χ3v) is 2.50. The molecule has 1 aliphatic rings. The Morgan fingerprint density at radius 2 is 2.36 bits per heavy atom. The maximum Gasteiger partial charge on any atom is 0.189 e. The normalized spacial score (nSPS) is 14.7. The van der Waals surface area contributed by atoms with Crippen LogP contribution in [0.3, 0.4) is 0 Å². The van der Waals surface area contributed by atoms with Crippen LogP contribution < -0.4 is 10.1 Å². The van der Waals surface area contributed by atoms with E-state index in [9.17, 15) is 0 Å². The summed E-state index contributed by atoms with van der Waals surface area (Å²) in [4.78, 5) is 0. The fourth-order valence-electron chi connectivity index (χ4n) is 1.47. The molecule has 1 aromatic carbocycles. The Morgan fingerprint density at radius 3 is 3.14 bits per heavy atom. The van der Waals surface area contributed by atoms with Crippen LogP contribution in [0.25, 0.3) is 0 Å². The molecule has 0 aliphatic carbocycles. The van der Waals surface area contributed by atoms with Crippen LogP contribution in [-0.4, -0.2) is 13.8 Å². The highest BCUT2D eigenvalue weighted by Gasteiger charge is 2.13. The van der Waals surface area contributed by atoms with E-state index >= 15 is 0 Å². The summed E-state index contributed by atoms with van der Waals surface area (Å²) in [5, 5.41) is 3.82. The van der Waals surface area contributed by atoms with E-state index in [0.717, 1.165) is 28.4 Å². The van der Waals surface area contributed by atoms with Crippen molar-refractivity contribution in [2.45, 2.75) is 13.2 Å². The first-order valence-corrected chi connectivity index (χ1v) is 4.85. The Kier molecular flexibility index (Phi) is 2.91. The van der Waals surface area contributed by atoms with Crippen molar-refractivity contribution in [3.63, 3.8) is 0 Å². The molecule has 76 valence electrons. The molecule has 1 N–H and O–H groups in total. The Hall–Kier alpha value is -0.770. The number of hydrogen-bond donors (Lipinski definition) is 1. The van der Waals surface area contributed by atoms with E-state index in [1.165, 1.54) is 0 Å². The molecule has 4 heteroatoms. The minimum atomic E-state index is 0.327. The van der Waals surface area contributed by atoms with Crippen molar-refractivity contribution < 1.29 is 9.47 Å². The lowest BCUT2D eigenvalue weighted by atomic mass is 10.1. The van der Waals surface area contributed by atoms with Gasteiger partial charge in [0.1, 0.15) is 5.75 Å². The number of halogens is 1. The Balaban J connectivity index is 2.35. The van der Waals surface area contributed by atoms with Crippen molar-refractivity contribution in [2.24, 2.45) is 0 Å². The van der Waals surface area contributed by atoms with E-state index in [0.29, 0.717) is 13.4 Å². The van der Waals surface area contributed by atoms with Gasteiger partial charge in [-0.2, -0.15) is 0 Å². The summed E-state index contributed by atoms with van der Waals surface area (Å²) in [5.41, 5.74) is 2.07. The van der Waals surface area contributed by atoms with Crippen LogP contribution in [0.15, 0.2) is 12.1 Å². The second kappa shape index (κ2) is 4.17. The first-order valence-electron chi connectivity index (χ1n) is 4.47. The van der Waals surface area contributed by atoms with E-state index in [2.05, 4.69) is 5.32 Å². The molecule has 0 fully saturated rings. The summed E-state index contributed by atoms with van der Waals surface area (Å²) in [6.07, 6.45) is 0. The van der Waals surface area contributed by atoms with Gasteiger partial charge in [0.25, 0.3) is 0 Å². The first-order chi connectivity index (χ1) is 6.81. The number of nitrogens with one attached hydrogen (secondary N) is 1. The lowest BCUT2D eigenvalue weighted by Crippen LogP contribution is -2.13. The first kappa shape index (κ1) is 9.77. The van der Waals surface area contributed by atoms with Crippen molar-refractivity contribution in [3.8, 4) is 5.75 Å². The summed E-state index contributed by atoms with van der Waals surface area (Å²) < 4.78 is 10.5. The summed E-state index contributed by atoms with van der Waals surface area (Å²) in [6, 6.07) is 3.87. The van der Waals surface area contributed by atoms with Gasteiger partial charge in [0.15, 0.2) is 6.79 Å². The van der Waals surface area contributed by atoms with Gasteiger partial charge < -0.3 is 14.8 Å². The molecule has 3 nitrogen and oxygen atoms in total. The molecule has 0 saturated heterocycles. The second-order valence-corrected chi connectivity index (χ2v) is 3.60. The van der Waals surface area contributed by atoms with Crippen LogP contribution in [-0.2, 0) is 17.9 Å². The Labute approximate surface area is 88.0 Å². The number of fused-ring (bicyclic) bond motifs is 1.